The van der Waals surface area contributed by atoms with Crippen LogP contribution in [0.2, 0.25) is 0 Å². The predicted molar refractivity (Wildman–Crippen MR) is 76.9 cm³/mol. The molecule has 0 aliphatic carbocycles. The molecule has 0 radical (unpaired) electrons. The molecule has 2 aromatic carbocycles. The molecule has 0 aromatic heterocycles. The molecule has 0 saturated heterocycles. The quantitative estimate of drug-likeness (QED) is 0.767. The van der Waals surface area contributed by atoms with Gasteiger partial charge in [0, 0.05) is 0 Å². The van der Waals surface area contributed by atoms with E-state index in [-0.39, 0.29) is 0 Å². The lowest BCUT2D eigenvalue weighted by Gasteiger charge is -2.05. The Balaban J connectivity index is 1.90. The SMILES string of the molecule is Cc1cc(C)cc(OCC=Cc2ccccc2)c1. The summed E-state index contributed by atoms with van der Waals surface area (Å²) in [5, 5.41) is 0. The van der Waals surface area contributed by atoms with Crippen LogP contribution in [-0.4, -0.2) is 6.61 Å². The van der Waals surface area contributed by atoms with E-state index in [4.69, 9.17) is 4.74 Å². The summed E-state index contributed by atoms with van der Waals surface area (Å²) < 4.78 is 5.70. The zero-order valence-electron chi connectivity index (χ0n) is 10.9. The van der Waals surface area contributed by atoms with Crippen molar-refractivity contribution < 1.29 is 4.74 Å². The van der Waals surface area contributed by atoms with Crippen molar-refractivity contribution in [3.8, 4) is 5.75 Å². The monoisotopic (exact) mass is 238 g/mol. The highest BCUT2D eigenvalue weighted by Gasteiger charge is 1.95. The summed E-state index contributed by atoms with van der Waals surface area (Å²) in [5.41, 5.74) is 3.66. The van der Waals surface area contributed by atoms with Crippen molar-refractivity contribution in [3.63, 3.8) is 0 Å². The first-order valence-electron chi connectivity index (χ1n) is 6.17. The van der Waals surface area contributed by atoms with Crippen LogP contribution in [0.15, 0.2) is 54.6 Å². The number of aryl methyl sites for hydroxylation is 2. The molecule has 0 atom stereocenters. The third-order valence-electron chi connectivity index (χ3n) is 2.65. The molecule has 0 saturated carbocycles. The second-order valence-electron chi connectivity index (χ2n) is 4.45. The van der Waals surface area contributed by atoms with E-state index in [0.717, 1.165) is 5.75 Å². The summed E-state index contributed by atoms with van der Waals surface area (Å²) >= 11 is 0. The van der Waals surface area contributed by atoms with Gasteiger partial charge in [0.2, 0.25) is 0 Å². The van der Waals surface area contributed by atoms with Gasteiger partial charge in [0.15, 0.2) is 0 Å². The Bertz CT molecular complexity index is 506. The molecule has 2 rings (SSSR count). The average Bonchev–Trinajstić information content (AvgIpc) is 2.35. The molecular weight excluding hydrogens is 220 g/mol. The normalized spacial score (nSPS) is 10.8. The Hall–Kier alpha value is -2.02. The van der Waals surface area contributed by atoms with Gasteiger partial charge in [-0.05, 0) is 48.7 Å². The van der Waals surface area contributed by atoms with Gasteiger partial charge in [-0.15, -0.1) is 0 Å². The number of hydrogen-bond acceptors (Lipinski definition) is 1. The number of benzene rings is 2. The highest BCUT2D eigenvalue weighted by molar-refractivity contribution is 5.48. The van der Waals surface area contributed by atoms with Gasteiger partial charge in [-0.2, -0.15) is 0 Å². The van der Waals surface area contributed by atoms with Gasteiger partial charge in [-0.25, -0.2) is 0 Å². The van der Waals surface area contributed by atoms with Crippen LogP contribution >= 0.6 is 0 Å². The maximum atomic E-state index is 5.70. The van der Waals surface area contributed by atoms with Crippen LogP contribution in [0.5, 0.6) is 5.75 Å². The molecule has 1 nitrogen and oxygen atoms in total. The first-order valence-corrected chi connectivity index (χ1v) is 6.17. The molecule has 0 aliphatic rings. The molecule has 0 aliphatic heterocycles. The van der Waals surface area contributed by atoms with Crippen molar-refractivity contribution in [1.29, 1.82) is 0 Å². The molecule has 2 aromatic rings. The summed E-state index contributed by atoms with van der Waals surface area (Å²) in [4.78, 5) is 0. The second kappa shape index (κ2) is 6.06. The minimum atomic E-state index is 0.595. The fraction of sp³-hybridized carbons (Fsp3) is 0.176. The molecule has 0 heterocycles. The van der Waals surface area contributed by atoms with Crippen molar-refractivity contribution in [1.82, 2.24) is 0 Å². The fourth-order valence-corrected chi connectivity index (χ4v) is 1.91. The van der Waals surface area contributed by atoms with E-state index >= 15 is 0 Å². The number of ether oxygens (including phenoxy) is 1. The van der Waals surface area contributed by atoms with Crippen molar-refractivity contribution >= 4 is 6.08 Å². The third-order valence-corrected chi connectivity index (χ3v) is 2.65. The molecular formula is C17H18O. The Morgan fingerprint density at radius 2 is 1.61 bits per heavy atom. The van der Waals surface area contributed by atoms with Crippen LogP contribution in [0.3, 0.4) is 0 Å². The lowest BCUT2D eigenvalue weighted by atomic mass is 10.1. The van der Waals surface area contributed by atoms with Crippen molar-refractivity contribution in [2.75, 3.05) is 6.61 Å². The first-order chi connectivity index (χ1) is 8.74. The minimum absolute atomic E-state index is 0.595. The molecule has 0 amide bonds. The molecule has 0 fully saturated rings. The summed E-state index contributed by atoms with van der Waals surface area (Å²) in [6.07, 6.45) is 4.11. The van der Waals surface area contributed by atoms with Crippen molar-refractivity contribution in [3.05, 3.63) is 71.3 Å². The molecule has 92 valence electrons. The van der Waals surface area contributed by atoms with Crippen molar-refractivity contribution in [2.45, 2.75) is 13.8 Å². The van der Waals surface area contributed by atoms with Gasteiger partial charge in [-0.1, -0.05) is 42.5 Å². The summed E-state index contributed by atoms with van der Waals surface area (Å²) in [5.74, 6) is 0.935. The Morgan fingerprint density at radius 3 is 2.28 bits per heavy atom. The van der Waals surface area contributed by atoms with Gasteiger partial charge >= 0.3 is 0 Å². The van der Waals surface area contributed by atoms with Crippen LogP contribution in [0.25, 0.3) is 6.08 Å². The van der Waals surface area contributed by atoms with Gasteiger partial charge in [0.05, 0.1) is 0 Å². The van der Waals surface area contributed by atoms with E-state index in [9.17, 15) is 0 Å². The predicted octanol–water partition coefficient (Wildman–Crippen LogP) is 4.40. The highest BCUT2D eigenvalue weighted by Crippen LogP contribution is 2.16. The van der Waals surface area contributed by atoms with E-state index < -0.39 is 0 Å². The van der Waals surface area contributed by atoms with E-state index in [1.165, 1.54) is 16.7 Å². The minimum Gasteiger partial charge on any atom is -0.490 e. The summed E-state index contributed by atoms with van der Waals surface area (Å²) in [7, 11) is 0. The van der Waals surface area contributed by atoms with E-state index in [1.54, 1.807) is 0 Å². The van der Waals surface area contributed by atoms with Crippen LogP contribution in [0.1, 0.15) is 16.7 Å². The maximum absolute atomic E-state index is 5.70. The Kier molecular flexibility index (Phi) is 4.19. The molecule has 0 unspecified atom stereocenters. The third kappa shape index (κ3) is 3.77. The number of hydrogen-bond donors (Lipinski definition) is 0. The smallest absolute Gasteiger partial charge is 0.120 e. The zero-order chi connectivity index (χ0) is 12.8. The maximum Gasteiger partial charge on any atom is 0.120 e. The molecule has 18 heavy (non-hydrogen) atoms. The van der Waals surface area contributed by atoms with Crippen LogP contribution in [-0.2, 0) is 0 Å². The topological polar surface area (TPSA) is 9.23 Å². The lowest BCUT2D eigenvalue weighted by Crippen LogP contribution is -1.94. The average molecular weight is 238 g/mol. The van der Waals surface area contributed by atoms with Gasteiger partial charge < -0.3 is 4.74 Å². The fourth-order valence-electron chi connectivity index (χ4n) is 1.91. The van der Waals surface area contributed by atoms with Gasteiger partial charge in [-0.3, -0.25) is 0 Å². The van der Waals surface area contributed by atoms with Crippen LogP contribution in [0.4, 0.5) is 0 Å². The molecule has 0 N–H and O–H groups in total. The molecule has 0 spiro atoms. The zero-order valence-corrected chi connectivity index (χ0v) is 10.9. The van der Waals surface area contributed by atoms with E-state index in [2.05, 4.69) is 50.3 Å². The van der Waals surface area contributed by atoms with Gasteiger partial charge in [0.1, 0.15) is 12.4 Å². The van der Waals surface area contributed by atoms with E-state index in [0.29, 0.717) is 6.61 Å². The molecule has 0 bridgehead atoms. The van der Waals surface area contributed by atoms with Crippen molar-refractivity contribution in [2.24, 2.45) is 0 Å². The Labute approximate surface area is 109 Å². The standard InChI is InChI=1S/C17H18O/c1-14-11-15(2)13-17(12-14)18-10-6-9-16-7-4-3-5-8-16/h3-9,11-13H,10H2,1-2H3. The Morgan fingerprint density at radius 1 is 0.944 bits per heavy atom. The molecule has 1 heteroatoms. The highest BCUT2D eigenvalue weighted by atomic mass is 16.5. The van der Waals surface area contributed by atoms with Crippen LogP contribution < -0.4 is 4.74 Å². The van der Waals surface area contributed by atoms with Crippen LogP contribution in [0, 0.1) is 13.8 Å². The lowest BCUT2D eigenvalue weighted by molar-refractivity contribution is 0.363. The van der Waals surface area contributed by atoms with Gasteiger partial charge in [0.25, 0.3) is 0 Å². The summed E-state index contributed by atoms with van der Waals surface area (Å²) in [6.45, 7) is 4.76. The largest absolute Gasteiger partial charge is 0.490 e. The summed E-state index contributed by atoms with van der Waals surface area (Å²) in [6, 6.07) is 16.5. The first kappa shape index (κ1) is 12.4. The number of rotatable bonds is 4. The second-order valence-corrected chi connectivity index (χ2v) is 4.45. The van der Waals surface area contributed by atoms with E-state index in [1.807, 2.05) is 24.3 Å².